The summed E-state index contributed by atoms with van der Waals surface area (Å²) in [5.74, 6) is -0.361. The molecule has 2 aromatic rings. The molecule has 2 aliphatic rings. The van der Waals surface area contributed by atoms with Gasteiger partial charge in [0.25, 0.3) is 5.91 Å². The van der Waals surface area contributed by atoms with Gasteiger partial charge in [-0.2, -0.15) is 4.31 Å². The predicted octanol–water partition coefficient (Wildman–Crippen LogP) is 3.08. The molecule has 0 radical (unpaired) electrons. The average Bonchev–Trinajstić information content (AvgIpc) is 3.21. The Morgan fingerprint density at radius 1 is 1.12 bits per heavy atom. The second-order valence-electron chi connectivity index (χ2n) is 7.70. The van der Waals surface area contributed by atoms with Crippen LogP contribution in [0.5, 0.6) is 0 Å². The van der Waals surface area contributed by atoms with Crippen LogP contribution in [0.15, 0.2) is 29.2 Å². The van der Waals surface area contributed by atoms with Crippen molar-refractivity contribution in [3.05, 3.63) is 40.4 Å². The zero-order valence-corrected chi connectivity index (χ0v) is 19.5. The van der Waals surface area contributed by atoms with E-state index in [9.17, 15) is 18.0 Å². The molecule has 11 heteroatoms. The van der Waals surface area contributed by atoms with E-state index in [2.05, 4.69) is 10.3 Å². The van der Waals surface area contributed by atoms with E-state index in [0.717, 1.165) is 29.8 Å². The number of carbonyl (C=O) groups excluding carboxylic acids is 2. The summed E-state index contributed by atoms with van der Waals surface area (Å²) in [5.41, 5.74) is 1.22. The first-order chi connectivity index (χ1) is 15.4. The quantitative estimate of drug-likeness (QED) is 0.707. The van der Waals surface area contributed by atoms with Crippen LogP contribution >= 0.6 is 11.3 Å². The van der Waals surface area contributed by atoms with Crippen molar-refractivity contribution in [2.45, 2.75) is 44.0 Å². The van der Waals surface area contributed by atoms with E-state index < -0.39 is 10.0 Å². The first kappa shape index (κ1) is 22.7. The molecule has 0 saturated carbocycles. The van der Waals surface area contributed by atoms with Crippen LogP contribution in [0, 0.1) is 0 Å². The molecule has 1 aromatic carbocycles. The minimum absolute atomic E-state index is 0.194. The maximum atomic E-state index is 12.8. The van der Waals surface area contributed by atoms with Crippen LogP contribution in [0.1, 0.15) is 47.1 Å². The molecular weight excluding hydrogens is 452 g/mol. The van der Waals surface area contributed by atoms with Crippen LogP contribution in [-0.4, -0.2) is 60.8 Å². The molecule has 172 valence electrons. The molecule has 1 fully saturated rings. The van der Waals surface area contributed by atoms with Gasteiger partial charge in [0, 0.05) is 36.5 Å². The van der Waals surface area contributed by atoms with Gasteiger partial charge < -0.3 is 9.64 Å². The summed E-state index contributed by atoms with van der Waals surface area (Å²) in [7, 11) is -3.53. The third kappa shape index (κ3) is 4.79. The molecule has 32 heavy (non-hydrogen) atoms. The molecular formula is C21H26N4O5S2. The maximum Gasteiger partial charge on any atom is 0.410 e. The number of rotatable bonds is 5. The van der Waals surface area contributed by atoms with Gasteiger partial charge in [0.15, 0.2) is 5.13 Å². The molecule has 1 aromatic heterocycles. The van der Waals surface area contributed by atoms with Crippen LogP contribution in [0.25, 0.3) is 0 Å². The highest BCUT2D eigenvalue weighted by atomic mass is 32.2. The Hall–Kier alpha value is -2.50. The van der Waals surface area contributed by atoms with Gasteiger partial charge in [-0.3, -0.25) is 10.1 Å². The smallest absolute Gasteiger partial charge is 0.410 e. The Morgan fingerprint density at radius 2 is 1.84 bits per heavy atom. The van der Waals surface area contributed by atoms with Gasteiger partial charge in [-0.1, -0.05) is 17.8 Å². The molecule has 1 N–H and O–H groups in total. The van der Waals surface area contributed by atoms with E-state index in [4.69, 9.17) is 4.74 Å². The van der Waals surface area contributed by atoms with Gasteiger partial charge in [-0.15, -0.1) is 0 Å². The van der Waals surface area contributed by atoms with Gasteiger partial charge in [0.2, 0.25) is 10.0 Å². The third-order valence-corrected chi connectivity index (χ3v) is 8.46. The number of fused-ring (bicyclic) bond motifs is 1. The number of sulfonamides is 1. The number of ether oxygens (including phenoxy) is 1. The highest BCUT2D eigenvalue weighted by Gasteiger charge is 2.27. The second kappa shape index (κ2) is 9.55. The first-order valence-electron chi connectivity index (χ1n) is 10.7. The van der Waals surface area contributed by atoms with E-state index in [1.54, 1.807) is 11.8 Å². The van der Waals surface area contributed by atoms with Crippen molar-refractivity contribution in [1.29, 1.82) is 0 Å². The monoisotopic (exact) mass is 478 g/mol. The summed E-state index contributed by atoms with van der Waals surface area (Å²) >= 11 is 1.33. The van der Waals surface area contributed by atoms with Gasteiger partial charge in [-0.05, 0) is 44.0 Å². The van der Waals surface area contributed by atoms with Gasteiger partial charge in [-0.25, -0.2) is 18.2 Å². The number of nitrogens with zero attached hydrogens (tertiary/aromatic N) is 3. The Labute approximate surface area is 191 Å². The highest BCUT2D eigenvalue weighted by molar-refractivity contribution is 7.89. The van der Waals surface area contributed by atoms with Crippen LogP contribution in [-0.2, 0) is 27.7 Å². The number of benzene rings is 1. The van der Waals surface area contributed by atoms with Crippen LogP contribution in [0.4, 0.5) is 9.93 Å². The number of carbonyl (C=O) groups is 2. The number of thiazole rings is 1. The van der Waals surface area contributed by atoms with Crippen molar-refractivity contribution in [2.75, 3.05) is 31.6 Å². The molecule has 0 bridgehead atoms. The zero-order chi connectivity index (χ0) is 22.7. The summed E-state index contributed by atoms with van der Waals surface area (Å²) in [4.78, 5) is 31.8. The summed E-state index contributed by atoms with van der Waals surface area (Å²) < 4.78 is 32.1. The maximum absolute atomic E-state index is 12.8. The average molecular weight is 479 g/mol. The Morgan fingerprint density at radius 3 is 2.53 bits per heavy atom. The lowest BCUT2D eigenvalue weighted by molar-refractivity contribution is 0.102. The molecule has 3 heterocycles. The van der Waals surface area contributed by atoms with Crippen molar-refractivity contribution in [2.24, 2.45) is 0 Å². The van der Waals surface area contributed by atoms with Gasteiger partial charge in [0.1, 0.15) is 0 Å². The lowest BCUT2D eigenvalue weighted by atomic mass is 10.2. The Balaban J connectivity index is 1.41. The predicted molar refractivity (Wildman–Crippen MR) is 120 cm³/mol. The normalized spacial score (nSPS) is 17.0. The lowest BCUT2D eigenvalue weighted by Gasteiger charge is -2.25. The largest absolute Gasteiger partial charge is 0.450 e. The number of nitrogens with one attached hydrogen (secondary N) is 1. The molecule has 4 rings (SSSR count). The fourth-order valence-corrected chi connectivity index (χ4v) is 6.36. The molecule has 2 aliphatic heterocycles. The molecule has 0 atom stereocenters. The standard InChI is InChI=1S/C21H26N4O5S2/c1-2-30-21(27)24-13-10-17-18(14-24)31-20(22-17)23-19(26)15-6-8-16(9-7-15)32(28,29)25-11-4-3-5-12-25/h6-9H,2-5,10-14H2,1H3,(H,22,23,26). The summed E-state index contributed by atoms with van der Waals surface area (Å²) in [5, 5.41) is 3.23. The van der Waals surface area contributed by atoms with Crippen molar-refractivity contribution in [3.8, 4) is 0 Å². The topological polar surface area (TPSA) is 109 Å². The summed E-state index contributed by atoms with van der Waals surface area (Å²) in [6, 6.07) is 5.98. The molecule has 0 spiro atoms. The molecule has 9 nitrogen and oxygen atoms in total. The Bertz CT molecular complexity index is 1090. The van der Waals surface area contributed by atoms with Crippen molar-refractivity contribution < 1.29 is 22.7 Å². The number of hydrogen-bond acceptors (Lipinski definition) is 7. The van der Waals surface area contributed by atoms with Crippen LogP contribution in [0.2, 0.25) is 0 Å². The van der Waals surface area contributed by atoms with E-state index in [0.29, 0.717) is 49.9 Å². The van der Waals surface area contributed by atoms with Gasteiger partial charge in [0.05, 0.1) is 23.7 Å². The molecule has 1 saturated heterocycles. The molecule has 2 amide bonds. The van der Waals surface area contributed by atoms with E-state index in [-0.39, 0.29) is 16.9 Å². The number of hydrogen-bond donors (Lipinski definition) is 1. The molecule has 0 unspecified atom stereocenters. The van der Waals surface area contributed by atoms with E-state index in [1.807, 2.05) is 0 Å². The zero-order valence-electron chi connectivity index (χ0n) is 17.9. The van der Waals surface area contributed by atoms with E-state index in [1.165, 1.54) is 39.9 Å². The summed E-state index contributed by atoms with van der Waals surface area (Å²) in [6.07, 6.45) is 3.04. The molecule has 0 aliphatic carbocycles. The Kier molecular flexibility index (Phi) is 6.77. The summed E-state index contributed by atoms with van der Waals surface area (Å²) in [6.45, 7) is 4.09. The minimum Gasteiger partial charge on any atom is -0.450 e. The third-order valence-electron chi connectivity index (χ3n) is 5.55. The highest BCUT2D eigenvalue weighted by Crippen LogP contribution is 2.29. The number of anilines is 1. The van der Waals surface area contributed by atoms with Crippen molar-refractivity contribution >= 4 is 38.5 Å². The van der Waals surface area contributed by atoms with E-state index >= 15 is 0 Å². The van der Waals surface area contributed by atoms with Crippen LogP contribution in [0.3, 0.4) is 0 Å². The van der Waals surface area contributed by atoms with Gasteiger partial charge >= 0.3 is 6.09 Å². The van der Waals surface area contributed by atoms with Crippen molar-refractivity contribution in [3.63, 3.8) is 0 Å². The minimum atomic E-state index is -3.53. The second-order valence-corrected chi connectivity index (χ2v) is 10.7. The first-order valence-corrected chi connectivity index (χ1v) is 13.0. The fraction of sp³-hybridized carbons (Fsp3) is 0.476. The fourth-order valence-electron chi connectivity index (χ4n) is 3.82. The SMILES string of the molecule is CCOC(=O)N1CCc2nc(NC(=O)c3ccc(S(=O)(=O)N4CCCCC4)cc3)sc2C1. The number of amides is 2. The number of aromatic nitrogens is 1. The van der Waals surface area contributed by atoms with Crippen molar-refractivity contribution in [1.82, 2.24) is 14.2 Å². The number of piperidine rings is 1. The lowest BCUT2D eigenvalue weighted by Crippen LogP contribution is -2.35. The van der Waals surface area contributed by atoms with Crippen LogP contribution < -0.4 is 5.32 Å².